The van der Waals surface area contributed by atoms with Gasteiger partial charge in [0.15, 0.2) is 0 Å². The van der Waals surface area contributed by atoms with Crippen LogP contribution in [0.1, 0.15) is 23.6 Å². The summed E-state index contributed by atoms with van der Waals surface area (Å²) >= 11 is 0. The summed E-state index contributed by atoms with van der Waals surface area (Å²) in [6.07, 6.45) is 1.04. The Labute approximate surface area is 194 Å². The summed E-state index contributed by atoms with van der Waals surface area (Å²) in [5.41, 5.74) is 4.40. The number of rotatable bonds is 6. The summed E-state index contributed by atoms with van der Waals surface area (Å²) in [7, 11) is -7.55. The molecule has 1 aromatic heterocycles. The first kappa shape index (κ1) is 23.1. The zero-order valence-corrected chi connectivity index (χ0v) is 20.9. The first-order chi connectivity index (χ1) is 15.4. The molecule has 33 heavy (non-hydrogen) atoms. The number of hydrogen-bond donors (Lipinski definition) is 2. The molecule has 174 valence electrons. The van der Waals surface area contributed by atoms with Crippen molar-refractivity contribution in [3.63, 3.8) is 0 Å². The van der Waals surface area contributed by atoms with E-state index < -0.39 is 20.0 Å². The fourth-order valence-electron chi connectivity index (χ4n) is 4.59. The minimum absolute atomic E-state index is 0.0651. The number of nitrogens with zero attached hydrogens (tertiary/aromatic N) is 1. The Kier molecular flexibility index (Phi) is 5.66. The molecule has 0 aliphatic carbocycles. The van der Waals surface area contributed by atoms with E-state index in [0.717, 1.165) is 34.6 Å². The highest BCUT2D eigenvalue weighted by Gasteiger charge is 2.24. The molecule has 1 heterocycles. The number of fused-ring (bicyclic) bond motifs is 3. The van der Waals surface area contributed by atoms with Crippen LogP contribution in [0, 0.1) is 20.8 Å². The highest BCUT2D eigenvalue weighted by Crippen LogP contribution is 2.34. The largest absolute Gasteiger partial charge is 0.341 e. The molecular weight excluding hydrogens is 458 g/mol. The lowest BCUT2D eigenvalue weighted by molar-refractivity contribution is 0.599. The maximum atomic E-state index is 13.4. The normalized spacial score (nSPS) is 12.4. The lowest BCUT2D eigenvalue weighted by Gasteiger charge is -2.19. The van der Waals surface area contributed by atoms with Crippen LogP contribution >= 0.6 is 0 Å². The maximum Gasteiger partial charge on any atom is 0.262 e. The van der Waals surface area contributed by atoms with Crippen LogP contribution in [0.25, 0.3) is 21.8 Å². The first-order valence-corrected chi connectivity index (χ1v) is 13.9. The molecule has 0 saturated heterocycles. The molecule has 0 saturated carbocycles. The first-order valence-electron chi connectivity index (χ1n) is 10.6. The highest BCUT2D eigenvalue weighted by atomic mass is 32.2. The second-order valence-corrected chi connectivity index (χ2v) is 11.7. The Morgan fingerprint density at radius 2 is 1.48 bits per heavy atom. The van der Waals surface area contributed by atoms with E-state index in [1.165, 1.54) is 0 Å². The second-order valence-electron chi connectivity index (χ2n) is 8.31. The van der Waals surface area contributed by atoms with Crippen molar-refractivity contribution in [2.24, 2.45) is 0 Å². The molecule has 7 nitrogen and oxygen atoms in total. The topological polar surface area (TPSA) is 97.3 Å². The molecule has 0 radical (unpaired) electrons. The van der Waals surface area contributed by atoms with Crippen molar-refractivity contribution in [1.29, 1.82) is 0 Å². The van der Waals surface area contributed by atoms with Crippen LogP contribution in [0.15, 0.2) is 53.4 Å². The van der Waals surface area contributed by atoms with E-state index in [9.17, 15) is 16.8 Å². The number of sulfonamides is 2. The van der Waals surface area contributed by atoms with Gasteiger partial charge in [-0.15, -0.1) is 0 Å². The van der Waals surface area contributed by atoms with Crippen LogP contribution < -0.4 is 9.44 Å². The molecule has 0 aliphatic rings. The van der Waals surface area contributed by atoms with E-state index in [4.69, 9.17) is 0 Å². The zero-order valence-electron chi connectivity index (χ0n) is 19.2. The van der Waals surface area contributed by atoms with Crippen LogP contribution in [0.4, 0.5) is 11.4 Å². The van der Waals surface area contributed by atoms with Gasteiger partial charge < -0.3 is 4.57 Å². The zero-order chi connectivity index (χ0) is 24.1. The van der Waals surface area contributed by atoms with Crippen LogP contribution in [-0.4, -0.2) is 27.7 Å². The predicted octanol–water partition coefficient (Wildman–Crippen LogP) is 4.91. The van der Waals surface area contributed by atoms with Crippen LogP contribution in [0.5, 0.6) is 0 Å². The van der Waals surface area contributed by atoms with Gasteiger partial charge in [-0.25, -0.2) is 16.8 Å². The predicted molar refractivity (Wildman–Crippen MR) is 135 cm³/mol. The van der Waals surface area contributed by atoms with Gasteiger partial charge in [0.1, 0.15) is 0 Å². The average Bonchev–Trinajstić information content (AvgIpc) is 3.03. The molecule has 0 atom stereocenters. The third-order valence-corrected chi connectivity index (χ3v) is 8.04. The standard InChI is InChI=1S/C24H27N3O4S2/c1-6-27-21-10-8-7-9-19(21)20-14-18(11-12-22(20)27)25-33(30,31)24-16(3)13-15(2)23(17(24)4)26-32(5,28)29/h7-14,25-26H,6H2,1-5H3. The van der Waals surface area contributed by atoms with E-state index in [-0.39, 0.29) is 10.6 Å². The number of para-hydroxylation sites is 1. The van der Waals surface area contributed by atoms with Gasteiger partial charge in [-0.1, -0.05) is 24.3 Å². The Balaban J connectivity index is 1.83. The lowest BCUT2D eigenvalue weighted by atomic mass is 10.1. The van der Waals surface area contributed by atoms with E-state index >= 15 is 0 Å². The molecule has 9 heteroatoms. The van der Waals surface area contributed by atoms with Gasteiger partial charge in [0.2, 0.25) is 10.0 Å². The van der Waals surface area contributed by atoms with E-state index in [1.807, 2.05) is 30.3 Å². The second kappa shape index (κ2) is 8.07. The van der Waals surface area contributed by atoms with Gasteiger partial charge in [0, 0.05) is 34.0 Å². The Morgan fingerprint density at radius 1 is 0.818 bits per heavy atom. The van der Waals surface area contributed by atoms with Gasteiger partial charge in [-0.2, -0.15) is 0 Å². The number of aromatic nitrogens is 1. The quantitative estimate of drug-likeness (QED) is 0.405. The van der Waals surface area contributed by atoms with Crippen LogP contribution in [0.2, 0.25) is 0 Å². The lowest BCUT2D eigenvalue weighted by Crippen LogP contribution is -2.19. The van der Waals surface area contributed by atoms with Crippen molar-refractivity contribution >= 4 is 53.2 Å². The summed E-state index contributed by atoms with van der Waals surface area (Å²) in [4.78, 5) is 0.0651. The van der Waals surface area contributed by atoms with Gasteiger partial charge in [-0.05, 0) is 68.7 Å². The highest BCUT2D eigenvalue weighted by molar-refractivity contribution is 7.93. The summed E-state index contributed by atoms with van der Waals surface area (Å²) in [5.74, 6) is 0. The van der Waals surface area contributed by atoms with Crippen molar-refractivity contribution in [2.45, 2.75) is 39.1 Å². The number of anilines is 2. The van der Waals surface area contributed by atoms with Gasteiger partial charge in [0.25, 0.3) is 10.0 Å². The summed E-state index contributed by atoms with van der Waals surface area (Å²) < 4.78 is 57.9. The fourth-order valence-corrected chi connectivity index (χ4v) is 6.80. The van der Waals surface area contributed by atoms with E-state index in [1.54, 1.807) is 32.9 Å². The molecule has 0 unspecified atom stereocenters. The van der Waals surface area contributed by atoms with E-state index in [2.05, 4.69) is 27.0 Å². The summed E-state index contributed by atoms with van der Waals surface area (Å²) in [6, 6.07) is 15.2. The van der Waals surface area contributed by atoms with Gasteiger partial charge in [0.05, 0.1) is 16.8 Å². The number of aryl methyl sites for hydroxylation is 3. The van der Waals surface area contributed by atoms with Gasteiger partial charge >= 0.3 is 0 Å². The molecule has 0 fully saturated rings. The molecule has 2 N–H and O–H groups in total. The number of nitrogens with one attached hydrogen (secondary N) is 2. The minimum atomic E-state index is -3.98. The third-order valence-electron chi connectivity index (χ3n) is 5.80. The smallest absolute Gasteiger partial charge is 0.262 e. The molecule has 0 amide bonds. The van der Waals surface area contributed by atoms with Crippen molar-refractivity contribution in [2.75, 3.05) is 15.7 Å². The van der Waals surface area contributed by atoms with Crippen LogP contribution in [-0.2, 0) is 26.6 Å². The minimum Gasteiger partial charge on any atom is -0.341 e. The molecule has 4 rings (SSSR count). The van der Waals surface area contributed by atoms with E-state index in [0.29, 0.717) is 22.4 Å². The fraction of sp³-hybridized carbons (Fsp3) is 0.250. The molecule has 3 aromatic carbocycles. The summed E-state index contributed by atoms with van der Waals surface area (Å²) in [5, 5.41) is 2.02. The Morgan fingerprint density at radius 3 is 2.15 bits per heavy atom. The summed E-state index contributed by atoms with van der Waals surface area (Å²) in [6.45, 7) is 7.94. The Hall–Kier alpha value is -3.04. The maximum absolute atomic E-state index is 13.4. The molecule has 4 aromatic rings. The van der Waals surface area contributed by atoms with Gasteiger partial charge in [-0.3, -0.25) is 9.44 Å². The van der Waals surface area contributed by atoms with Crippen molar-refractivity contribution in [3.8, 4) is 0 Å². The third kappa shape index (κ3) is 4.18. The molecular formula is C24H27N3O4S2. The van der Waals surface area contributed by atoms with Crippen molar-refractivity contribution < 1.29 is 16.8 Å². The molecule has 0 aliphatic heterocycles. The average molecular weight is 486 g/mol. The van der Waals surface area contributed by atoms with Crippen molar-refractivity contribution in [3.05, 3.63) is 65.2 Å². The van der Waals surface area contributed by atoms with Crippen molar-refractivity contribution in [1.82, 2.24) is 4.57 Å². The molecule has 0 spiro atoms. The Bertz CT molecular complexity index is 1620. The number of hydrogen-bond acceptors (Lipinski definition) is 4. The monoisotopic (exact) mass is 485 g/mol. The van der Waals surface area contributed by atoms with Crippen LogP contribution in [0.3, 0.4) is 0 Å². The number of benzene rings is 3. The molecule has 0 bridgehead atoms. The SMILES string of the molecule is CCn1c2ccccc2c2cc(NS(=O)(=O)c3c(C)cc(C)c(NS(C)(=O)=O)c3C)ccc21.